The first-order valence-electron chi connectivity index (χ1n) is 3.43. The number of hydrogen-bond donors (Lipinski definition) is 3. The molecule has 1 aromatic carbocycles. The van der Waals surface area contributed by atoms with Gasteiger partial charge >= 0.3 is 5.97 Å². The fraction of sp³-hybridized carbons (Fsp3) is 0. The number of rotatable bonds is 2. The van der Waals surface area contributed by atoms with Gasteiger partial charge in [0.25, 0.3) is 5.91 Å². The van der Waals surface area contributed by atoms with Gasteiger partial charge in [0.05, 0.1) is 5.56 Å². The van der Waals surface area contributed by atoms with E-state index in [1.807, 2.05) is 0 Å². The Kier molecular flexibility index (Phi) is 2.61. The molecule has 1 rings (SSSR count). The minimum Gasteiger partial charge on any atom is -0.478 e. The third kappa shape index (κ3) is 2.03. The van der Waals surface area contributed by atoms with Crippen LogP contribution < -0.4 is 5.48 Å². The van der Waals surface area contributed by atoms with Gasteiger partial charge in [0, 0.05) is 5.56 Å². The zero-order valence-corrected chi connectivity index (χ0v) is 6.52. The number of hydroxylamine groups is 1. The van der Waals surface area contributed by atoms with E-state index >= 15 is 0 Å². The fourth-order valence-electron chi connectivity index (χ4n) is 0.858. The third-order valence-electron chi connectivity index (χ3n) is 1.47. The van der Waals surface area contributed by atoms with Crippen molar-refractivity contribution in [1.82, 2.24) is 5.48 Å². The van der Waals surface area contributed by atoms with Gasteiger partial charge in [-0.05, 0) is 18.2 Å². The Labute approximate surface area is 73.6 Å². The molecule has 0 aliphatic rings. The van der Waals surface area contributed by atoms with Crippen molar-refractivity contribution in [3.05, 3.63) is 35.4 Å². The van der Waals surface area contributed by atoms with Crippen molar-refractivity contribution in [2.75, 3.05) is 0 Å². The maximum absolute atomic E-state index is 10.8. The molecule has 0 aliphatic carbocycles. The predicted molar refractivity (Wildman–Crippen MR) is 42.7 cm³/mol. The van der Waals surface area contributed by atoms with Crippen LogP contribution in [0.4, 0.5) is 0 Å². The van der Waals surface area contributed by atoms with E-state index in [-0.39, 0.29) is 11.1 Å². The standard InChI is InChI=1S/C8H7NO4/c10-7(9-13)5-2-1-3-6(4-5)8(11)12/h1-4,13H,(H,9,10)(H,11,12). The molecule has 0 unspecified atom stereocenters. The summed E-state index contributed by atoms with van der Waals surface area (Å²) in [4.78, 5) is 21.3. The average Bonchev–Trinajstić information content (AvgIpc) is 2.17. The van der Waals surface area contributed by atoms with E-state index in [9.17, 15) is 9.59 Å². The van der Waals surface area contributed by atoms with E-state index in [1.165, 1.54) is 29.7 Å². The van der Waals surface area contributed by atoms with Crippen molar-refractivity contribution < 1.29 is 19.9 Å². The lowest BCUT2D eigenvalue weighted by molar-refractivity contribution is 0.0696. The van der Waals surface area contributed by atoms with Gasteiger partial charge in [0.15, 0.2) is 0 Å². The molecule has 0 aliphatic heterocycles. The smallest absolute Gasteiger partial charge is 0.335 e. The normalized spacial score (nSPS) is 9.31. The van der Waals surface area contributed by atoms with Crippen molar-refractivity contribution in [2.45, 2.75) is 0 Å². The number of carbonyl (C=O) groups is 2. The summed E-state index contributed by atoms with van der Waals surface area (Å²) in [5.74, 6) is -1.85. The summed E-state index contributed by atoms with van der Waals surface area (Å²) >= 11 is 0. The molecule has 0 saturated carbocycles. The zero-order chi connectivity index (χ0) is 9.84. The highest BCUT2D eigenvalue weighted by Gasteiger charge is 2.07. The molecule has 0 aromatic heterocycles. The summed E-state index contributed by atoms with van der Waals surface area (Å²) in [6, 6.07) is 5.36. The Morgan fingerprint density at radius 2 is 1.85 bits per heavy atom. The van der Waals surface area contributed by atoms with Gasteiger partial charge < -0.3 is 5.11 Å². The van der Waals surface area contributed by atoms with Crippen molar-refractivity contribution in [3.8, 4) is 0 Å². The van der Waals surface area contributed by atoms with E-state index in [4.69, 9.17) is 10.3 Å². The molecule has 5 heteroatoms. The van der Waals surface area contributed by atoms with Crippen molar-refractivity contribution in [2.24, 2.45) is 0 Å². The predicted octanol–water partition coefficient (Wildman–Crippen LogP) is 0.504. The van der Waals surface area contributed by atoms with Crippen LogP contribution in [0, 0.1) is 0 Å². The highest BCUT2D eigenvalue weighted by atomic mass is 16.5. The second kappa shape index (κ2) is 3.68. The summed E-state index contributed by atoms with van der Waals surface area (Å²) in [7, 11) is 0. The van der Waals surface area contributed by atoms with Crippen LogP contribution in [0.25, 0.3) is 0 Å². The van der Waals surface area contributed by atoms with E-state index in [0.717, 1.165) is 0 Å². The number of hydrogen-bond acceptors (Lipinski definition) is 3. The quantitative estimate of drug-likeness (QED) is 0.458. The number of carboxylic acid groups (broad SMARTS) is 1. The van der Waals surface area contributed by atoms with Crippen LogP contribution in [0.2, 0.25) is 0 Å². The van der Waals surface area contributed by atoms with Crippen LogP contribution in [0.3, 0.4) is 0 Å². The van der Waals surface area contributed by atoms with Crippen molar-refractivity contribution in [1.29, 1.82) is 0 Å². The molecule has 1 aromatic rings. The molecule has 0 atom stereocenters. The van der Waals surface area contributed by atoms with Crippen LogP contribution in [-0.4, -0.2) is 22.2 Å². The van der Waals surface area contributed by atoms with Gasteiger partial charge in [0.1, 0.15) is 0 Å². The van der Waals surface area contributed by atoms with Gasteiger partial charge in [-0.2, -0.15) is 0 Å². The minimum atomic E-state index is -1.12. The number of benzene rings is 1. The topological polar surface area (TPSA) is 86.6 Å². The Morgan fingerprint density at radius 1 is 1.23 bits per heavy atom. The van der Waals surface area contributed by atoms with Crippen LogP contribution >= 0.6 is 0 Å². The molecule has 3 N–H and O–H groups in total. The Hall–Kier alpha value is -1.88. The van der Waals surface area contributed by atoms with Crippen LogP contribution in [0.15, 0.2) is 24.3 Å². The average molecular weight is 181 g/mol. The summed E-state index contributed by atoms with van der Waals surface area (Å²) in [6.45, 7) is 0. The highest BCUT2D eigenvalue weighted by molar-refractivity contribution is 5.96. The van der Waals surface area contributed by atoms with E-state index in [2.05, 4.69) is 0 Å². The molecular formula is C8H7NO4. The number of aromatic carboxylic acids is 1. The van der Waals surface area contributed by atoms with Gasteiger partial charge in [-0.1, -0.05) is 6.07 Å². The number of amides is 1. The van der Waals surface area contributed by atoms with Crippen LogP contribution in [-0.2, 0) is 0 Å². The molecule has 13 heavy (non-hydrogen) atoms. The summed E-state index contributed by atoms with van der Waals surface area (Å²) in [5, 5.41) is 16.8. The molecule has 0 heterocycles. The lowest BCUT2D eigenvalue weighted by Crippen LogP contribution is -2.18. The molecule has 68 valence electrons. The first-order chi connectivity index (χ1) is 6.15. The van der Waals surface area contributed by atoms with E-state index in [1.54, 1.807) is 0 Å². The Balaban J connectivity index is 3.05. The van der Waals surface area contributed by atoms with Crippen molar-refractivity contribution in [3.63, 3.8) is 0 Å². The van der Waals surface area contributed by atoms with Gasteiger partial charge in [-0.3, -0.25) is 10.0 Å². The van der Waals surface area contributed by atoms with Crippen molar-refractivity contribution >= 4 is 11.9 Å². The van der Waals surface area contributed by atoms with Crippen LogP contribution in [0.1, 0.15) is 20.7 Å². The maximum atomic E-state index is 10.8. The molecule has 0 radical (unpaired) electrons. The van der Waals surface area contributed by atoms with Gasteiger partial charge in [0.2, 0.25) is 0 Å². The second-order valence-corrected chi connectivity index (χ2v) is 2.33. The second-order valence-electron chi connectivity index (χ2n) is 2.33. The summed E-state index contributed by atoms with van der Waals surface area (Å²) in [5.41, 5.74) is 1.52. The molecule has 0 saturated heterocycles. The number of nitrogens with one attached hydrogen (secondary N) is 1. The molecule has 5 nitrogen and oxygen atoms in total. The van der Waals surface area contributed by atoms with Gasteiger partial charge in [-0.15, -0.1) is 0 Å². The number of carboxylic acids is 1. The van der Waals surface area contributed by atoms with E-state index < -0.39 is 11.9 Å². The molecule has 0 fully saturated rings. The van der Waals surface area contributed by atoms with Gasteiger partial charge in [-0.25, -0.2) is 10.3 Å². The molecular weight excluding hydrogens is 174 g/mol. The first-order valence-corrected chi connectivity index (χ1v) is 3.43. The molecule has 1 amide bonds. The first kappa shape index (κ1) is 9.21. The monoisotopic (exact) mass is 181 g/mol. The van der Waals surface area contributed by atoms with E-state index in [0.29, 0.717) is 0 Å². The lowest BCUT2D eigenvalue weighted by atomic mass is 10.1. The zero-order valence-electron chi connectivity index (χ0n) is 6.52. The lowest BCUT2D eigenvalue weighted by Gasteiger charge is -1.99. The largest absolute Gasteiger partial charge is 0.478 e. The Bertz CT molecular complexity index is 348. The molecule has 0 spiro atoms. The summed E-state index contributed by atoms with van der Waals surface area (Å²) < 4.78 is 0. The SMILES string of the molecule is O=C(O)c1cccc(C(=O)NO)c1. The molecule has 0 bridgehead atoms. The Morgan fingerprint density at radius 3 is 2.38 bits per heavy atom. The number of carbonyl (C=O) groups excluding carboxylic acids is 1. The summed E-state index contributed by atoms with van der Waals surface area (Å²) in [6.07, 6.45) is 0. The maximum Gasteiger partial charge on any atom is 0.335 e. The fourth-order valence-corrected chi connectivity index (χ4v) is 0.858. The third-order valence-corrected chi connectivity index (χ3v) is 1.47. The van der Waals surface area contributed by atoms with Crippen LogP contribution in [0.5, 0.6) is 0 Å². The minimum absolute atomic E-state index is 0.00102. The highest BCUT2D eigenvalue weighted by Crippen LogP contribution is 2.04.